The molecule has 1 unspecified atom stereocenters. The monoisotopic (exact) mass is 337 g/mol. The van der Waals surface area contributed by atoms with Crippen LogP contribution in [-0.4, -0.2) is 53.9 Å². The number of anilines is 1. The van der Waals surface area contributed by atoms with E-state index in [9.17, 15) is 19.6 Å². The fraction of sp³-hybridized carbons (Fsp3) is 0.600. The summed E-state index contributed by atoms with van der Waals surface area (Å²) < 4.78 is 21.7. The second kappa shape index (κ2) is 5.70. The SMILES string of the molecule is C[C@@]1(O)C(O)[C@@H](OCP(=O)(O)O)O[C@H]1n1ccc(N)nc1=O. The van der Waals surface area contributed by atoms with Gasteiger partial charge in [-0.15, -0.1) is 0 Å². The molecule has 4 atom stereocenters. The number of nitrogen functional groups attached to an aromatic ring is 1. The third-order valence-electron chi connectivity index (χ3n) is 3.13. The van der Waals surface area contributed by atoms with E-state index in [0.717, 1.165) is 4.57 Å². The quantitative estimate of drug-likeness (QED) is 0.384. The van der Waals surface area contributed by atoms with Crippen molar-refractivity contribution in [3.05, 3.63) is 22.7 Å². The Kier molecular flexibility index (Phi) is 4.42. The number of aromatic nitrogens is 2. The largest absolute Gasteiger partial charge is 0.385 e. The Morgan fingerprint density at radius 1 is 1.59 bits per heavy atom. The van der Waals surface area contributed by atoms with Gasteiger partial charge >= 0.3 is 13.3 Å². The van der Waals surface area contributed by atoms with Crippen LogP contribution in [0.1, 0.15) is 13.2 Å². The topological polar surface area (TPSA) is 177 Å². The summed E-state index contributed by atoms with van der Waals surface area (Å²) in [5.74, 6) is -0.0336. The fourth-order valence-corrected chi connectivity index (χ4v) is 2.35. The van der Waals surface area contributed by atoms with Crippen LogP contribution in [0.3, 0.4) is 0 Å². The average molecular weight is 337 g/mol. The molecule has 0 aliphatic carbocycles. The Morgan fingerprint density at radius 3 is 2.77 bits per heavy atom. The van der Waals surface area contributed by atoms with Gasteiger partial charge in [0.15, 0.2) is 18.9 Å². The number of rotatable bonds is 4. The molecule has 0 aromatic carbocycles. The van der Waals surface area contributed by atoms with E-state index in [0.29, 0.717) is 0 Å². The van der Waals surface area contributed by atoms with Gasteiger partial charge in [0, 0.05) is 6.20 Å². The van der Waals surface area contributed by atoms with E-state index >= 15 is 0 Å². The summed E-state index contributed by atoms with van der Waals surface area (Å²) in [4.78, 5) is 32.8. The molecule has 2 heterocycles. The van der Waals surface area contributed by atoms with Crippen LogP contribution in [0.4, 0.5) is 5.82 Å². The molecular formula is C10H16N3O8P. The zero-order chi connectivity index (χ0) is 16.7. The van der Waals surface area contributed by atoms with E-state index in [1.165, 1.54) is 19.2 Å². The van der Waals surface area contributed by atoms with E-state index in [-0.39, 0.29) is 5.82 Å². The van der Waals surface area contributed by atoms with Crippen LogP contribution in [-0.2, 0) is 14.0 Å². The van der Waals surface area contributed by atoms with Gasteiger partial charge in [0.25, 0.3) is 0 Å². The van der Waals surface area contributed by atoms with Crippen LogP contribution in [0.5, 0.6) is 0 Å². The number of hydrogen-bond acceptors (Lipinski definition) is 8. The highest BCUT2D eigenvalue weighted by atomic mass is 31.2. The van der Waals surface area contributed by atoms with Crippen molar-refractivity contribution in [3.8, 4) is 0 Å². The van der Waals surface area contributed by atoms with Gasteiger partial charge in [-0.2, -0.15) is 4.98 Å². The average Bonchev–Trinajstić information content (AvgIpc) is 2.59. The number of aliphatic hydroxyl groups excluding tert-OH is 1. The Morgan fingerprint density at radius 2 is 2.23 bits per heavy atom. The molecule has 0 amide bonds. The molecule has 124 valence electrons. The van der Waals surface area contributed by atoms with Crippen LogP contribution < -0.4 is 11.4 Å². The molecule has 1 aromatic heterocycles. The van der Waals surface area contributed by atoms with Crippen LogP contribution in [0.15, 0.2) is 17.1 Å². The van der Waals surface area contributed by atoms with Crippen molar-refractivity contribution < 1.29 is 34.0 Å². The van der Waals surface area contributed by atoms with E-state index in [1.54, 1.807) is 0 Å². The lowest BCUT2D eigenvalue weighted by Crippen LogP contribution is -2.46. The molecule has 1 aliphatic heterocycles. The summed E-state index contributed by atoms with van der Waals surface area (Å²) in [6.07, 6.45) is -4.34. The van der Waals surface area contributed by atoms with Crippen LogP contribution in [0.25, 0.3) is 0 Å². The minimum Gasteiger partial charge on any atom is -0.385 e. The van der Waals surface area contributed by atoms with Crippen LogP contribution >= 0.6 is 7.60 Å². The standard InChI is InChI=1S/C10H16N3O8P/c1-10(16)6(14)7(20-4-22(17,18)19)21-8(10)13-3-2-5(11)12-9(13)15/h2-3,6-8,14,16H,4H2,1H3,(H2,11,12,15)(H2,17,18,19)/t6?,7-,8+,10+/m0/s1. The molecule has 2 rings (SSSR count). The van der Waals surface area contributed by atoms with Gasteiger partial charge in [-0.3, -0.25) is 9.13 Å². The van der Waals surface area contributed by atoms with Crippen molar-refractivity contribution in [2.75, 3.05) is 12.1 Å². The van der Waals surface area contributed by atoms with Crippen LogP contribution in [0, 0.1) is 0 Å². The van der Waals surface area contributed by atoms with Gasteiger partial charge < -0.3 is 35.2 Å². The second-order valence-corrected chi connectivity index (χ2v) is 6.62. The van der Waals surface area contributed by atoms with Gasteiger partial charge in [0.05, 0.1) is 0 Å². The molecule has 0 spiro atoms. The van der Waals surface area contributed by atoms with Crippen molar-refractivity contribution in [1.82, 2.24) is 9.55 Å². The summed E-state index contributed by atoms with van der Waals surface area (Å²) in [6, 6.07) is 1.29. The van der Waals surface area contributed by atoms with Gasteiger partial charge in [-0.1, -0.05) is 0 Å². The normalized spacial score (nSPS) is 32.3. The highest BCUT2D eigenvalue weighted by Gasteiger charge is 2.54. The van der Waals surface area contributed by atoms with E-state index in [1.807, 2.05) is 0 Å². The highest BCUT2D eigenvalue weighted by Crippen LogP contribution is 2.41. The van der Waals surface area contributed by atoms with Crippen molar-refractivity contribution >= 4 is 13.4 Å². The summed E-state index contributed by atoms with van der Waals surface area (Å²) in [5.41, 5.74) is 2.57. The predicted molar refractivity (Wildman–Crippen MR) is 71.4 cm³/mol. The summed E-state index contributed by atoms with van der Waals surface area (Å²) >= 11 is 0. The molecule has 12 heteroatoms. The summed E-state index contributed by atoms with van der Waals surface area (Å²) in [6.45, 7) is 1.19. The minimum absolute atomic E-state index is 0.0336. The molecule has 0 bridgehead atoms. The molecule has 0 saturated carbocycles. The number of ether oxygens (including phenoxy) is 2. The molecule has 6 N–H and O–H groups in total. The smallest absolute Gasteiger partial charge is 0.351 e. The lowest BCUT2D eigenvalue weighted by molar-refractivity contribution is -0.169. The third kappa shape index (κ3) is 3.36. The predicted octanol–water partition coefficient (Wildman–Crippen LogP) is -2.06. The summed E-state index contributed by atoms with van der Waals surface area (Å²) in [7, 11) is -4.49. The van der Waals surface area contributed by atoms with Gasteiger partial charge in [-0.25, -0.2) is 4.79 Å². The van der Waals surface area contributed by atoms with E-state index in [4.69, 9.17) is 25.0 Å². The van der Waals surface area contributed by atoms with Crippen molar-refractivity contribution in [2.45, 2.75) is 31.1 Å². The zero-order valence-electron chi connectivity index (χ0n) is 11.4. The molecule has 1 aliphatic rings. The first-order valence-electron chi connectivity index (χ1n) is 6.09. The maximum Gasteiger partial charge on any atom is 0.351 e. The summed E-state index contributed by atoms with van der Waals surface area (Å²) in [5, 5.41) is 20.3. The van der Waals surface area contributed by atoms with E-state index in [2.05, 4.69) is 4.98 Å². The molecule has 11 nitrogen and oxygen atoms in total. The van der Waals surface area contributed by atoms with Crippen molar-refractivity contribution in [2.24, 2.45) is 0 Å². The third-order valence-corrected chi connectivity index (χ3v) is 3.62. The van der Waals surface area contributed by atoms with Crippen molar-refractivity contribution in [1.29, 1.82) is 0 Å². The number of nitrogens with zero attached hydrogens (tertiary/aromatic N) is 2. The Hall–Kier alpha value is -1.33. The first kappa shape index (κ1) is 17.0. The Labute approximate surface area is 124 Å². The minimum atomic E-state index is -4.49. The Bertz CT molecular complexity index is 656. The molecule has 22 heavy (non-hydrogen) atoms. The zero-order valence-corrected chi connectivity index (χ0v) is 12.3. The maximum absolute atomic E-state index is 11.8. The van der Waals surface area contributed by atoms with Gasteiger partial charge in [0.1, 0.15) is 17.5 Å². The first-order valence-corrected chi connectivity index (χ1v) is 7.89. The second-order valence-electron chi connectivity index (χ2n) is 5.03. The van der Waals surface area contributed by atoms with Crippen molar-refractivity contribution in [3.63, 3.8) is 0 Å². The highest BCUT2D eigenvalue weighted by molar-refractivity contribution is 7.51. The first-order chi connectivity index (χ1) is 10.0. The molecule has 0 radical (unpaired) electrons. The Balaban J connectivity index is 2.26. The molecule has 1 saturated heterocycles. The van der Waals surface area contributed by atoms with Crippen LogP contribution in [0.2, 0.25) is 0 Å². The lowest BCUT2D eigenvalue weighted by atomic mass is 9.99. The number of aliphatic hydroxyl groups is 2. The molecule has 1 aromatic rings. The molecular weight excluding hydrogens is 321 g/mol. The number of hydrogen-bond donors (Lipinski definition) is 5. The van der Waals surface area contributed by atoms with E-state index < -0.39 is 43.9 Å². The van der Waals surface area contributed by atoms with Gasteiger partial charge in [-0.05, 0) is 13.0 Å². The molecule has 1 fully saturated rings. The fourth-order valence-electron chi connectivity index (χ4n) is 2.01. The van der Waals surface area contributed by atoms with Gasteiger partial charge in [0.2, 0.25) is 0 Å². The lowest BCUT2D eigenvalue weighted by Gasteiger charge is -2.26. The number of nitrogens with two attached hydrogens (primary N) is 1. The maximum atomic E-state index is 11.8.